The molecule has 0 amide bonds. The lowest BCUT2D eigenvalue weighted by Crippen LogP contribution is -2.64. The van der Waals surface area contributed by atoms with Crippen molar-refractivity contribution >= 4 is 19.8 Å². The predicted octanol–water partition coefficient (Wildman–Crippen LogP) is 4.71. The zero-order chi connectivity index (χ0) is 36.5. The summed E-state index contributed by atoms with van der Waals surface area (Å²) in [6.45, 7) is 3.04. The molecule has 14 heteroatoms. The Bertz CT molecular complexity index is 1020. The van der Waals surface area contributed by atoms with Crippen molar-refractivity contribution in [2.24, 2.45) is 0 Å². The Kier molecular flexibility index (Phi) is 24.7. The molecule has 1 aliphatic rings. The van der Waals surface area contributed by atoms with Crippen molar-refractivity contribution in [1.29, 1.82) is 0 Å². The monoisotopic (exact) mass is 720 g/mol. The third kappa shape index (κ3) is 20.5. The van der Waals surface area contributed by atoms with Crippen LogP contribution in [0.1, 0.15) is 117 Å². The molecule has 6 unspecified atom stereocenters. The van der Waals surface area contributed by atoms with Gasteiger partial charge in [0.15, 0.2) is 6.10 Å². The van der Waals surface area contributed by atoms with Gasteiger partial charge < -0.3 is 39.9 Å². The number of rotatable bonds is 27. The van der Waals surface area contributed by atoms with Gasteiger partial charge >= 0.3 is 19.8 Å². The minimum atomic E-state index is -5.11. The van der Waals surface area contributed by atoms with Gasteiger partial charge in [-0.15, -0.1) is 0 Å². The van der Waals surface area contributed by atoms with Gasteiger partial charge in [-0.2, -0.15) is 0 Å². The number of phosphoric acid groups is 1. The average Bonchev–Trinajstić information content (AvgIpc) is 3.07. The van der Waals surface area contributed by atoms with Crippen LogP contribution in [0.3, 0.4) is 0 Å². The van der Waals surface area contributed by atoms with Crippen LogP contribution in [0.25, 0.3) is 0 Å². The van der Waals surface area contributed by atoms with Gasteiger partial charge in [0.25, 0.3) is 0 Å². The zero-order valence-electron chi connectivity index (χ0n) is 29.2. The molecule has 0 aromatic carbocycles. The van der Waals surface area contributed by atoms with Crippen molar-refractivity contribution in [3.05, 3.63) is 36.5 Å². The van der Waals surface area contributed by atoms with E-state index < -0.39 is 75.7 Å². The van der Waals surface area contributed by atoms with Gasteiger partial charge in [-0.05, 0) is 44.9 Å². The number of ether oxygens (including phenoxy) is 2. The molecule has 1 rings (SSSR count). The lowest BCUT2D eigenvalue weighted by atomic mass is 9.85. The molecule has 0 heterocycles. The van der Waals surface area contributed by atoms with Crippen molar-refractivity contribution < 1.29 is 63.1 Å². The molecule has 6 atom stereocenters. The lowest BCUT2D eigenvalue weighted by Gasteiger charge is -2.41. The maximum Gasteiger partial charge on any atom is 0.472 e. The van der Waals surface area contributed by atoms with Crippen LogP contribution in [-0.2, 0) is 32.7 Å². The second-order valence-electron chi connectivity index (χ2n) is 12.3. The first kappa shape index (κ1) is 45.1. The lowest BCUT2D eigenvalue weighted by molar-refractivity contribution is -0.220. The highest BCUT2D eigenvalue weighted by molar-refractivity contribution is 7.47. The van der Waals surface area contributed by atoms with E-state index in [0.717, 1.165) is 70.6 Å². The Morgan fingerprint density at radius 3 is 1.78 bits per heavy atom. The number of phosphoric ester groups is 1. The third-order valence-corrected chi connectivity index (χ3v) is 8.98. The molecule has 1 saturated carbocycles. The number of aliphatic hydroxyl groups excluding tert-OH is 5. The fourth-order valence-electron chi connectivity index (χ4n) is 5.06. The average molecular weight is 721 g/mol. The van der Waals surface area contributed by atoms with Crippen LogP contribution in [-0.4, -0.2) is 98.3 Å². The number of aliphatic hydroxyl groups is 5. The normalized spacial score (nSPS) is 24.8. The van der Waals surface area contributed by atoms with E-state index in [1.807, 2.05) is 0 Å². The van der Waals surface area contributed by atoms with Crippen LogP contribution in [0, 0.1) is 0 Å². The van der Waals surface area contributed by atoms with E-state index in [4.69, 9.17) is 18.5 Å². The van der Waals surface area contributed by atoms with Crippen LogP contribution in [0.2, 0.25) is 0 Å². The van der Waals surface area contributed by atoms with Crippen molar-refractivity contribution in [3.63, 3.8) is 0 Å². The van der Waals surface area contributed by atoms with Gasteiger partial charge in [0.1, 0.15) is 43.2 Å². The van der Waals surface area contributed by atoms with Gasteiger partial charge in [-0.25, -0.2) is 4.57 Å². The van der Waals surface area contributed by atoms with E-state index in [0.29, 0.717) is 12.8 Å². The molecule has 1 fully saturated rings. The van der Waals surface area contributed by atoms with E-state index in [9.17, 15) is 44.6 Å². The van der Waals surface area contributed by atoms with E-state index in [1.54, 1.807) is 0 Å². The summed E-state index contributed by atoms with van der Waals surface area (Å²) in [7, 11) is -5.11. The summed E-state index contributed by atoms with van der Waals surface area (Å²) < 4.78 is 33.1. The standard InChI is InChI=1S/C35H61O13P/c1-3-5-7-9-11-12-13-14-15-16-18-20-22-24-29(37)47-27(25-45-28(36)23-21-19-17-10-8-6-4-2)26-46-49(43,44)48-35-33(41)31(39)30(38)32(40)34(35)42/h5,7,11-12,14-15,27,30-35,38-42H,3-4,6,8-10,13,16-26H2,1-2H3,(H,43,44)/b7-5-,12-11-,15-14-. The minimum absolute atomic E-state index is 0.0616. The Balaban J connectivity index is 2.60. The fourth-order valence-corrected chi connectivity index (χ4v) is 6.04. The molecule has 284 valence electrons. The largest absolute Gasteiger partial charge is 0.472 e. The quantitative estimate of drug-likeness (QED) is 0.0294. The smallest absolute Gasteiger partial charge is 0.462 e. The van der Waals surface area contributed by atoms with Gasteiger partial charge in [0.05, 0.1) is 6.61 Å². The molecule has 0 aromatic rings. The van der Waals surface area contributed by atoms with Gasteiger partial charge in [0, 0.05) is 12.8 Å². The Labute approximate surface area is 291 Å². The Morgan fingerprint density at radius 1 is 0.653 bits per heavy atom. The topological polar surface area (TPSA) is 210 Å². The van der Waals surface area contributed by atoms with E-state index in [2.05, 4.69) is 50.3 Å². The molecule has 0 radical (unpaired) electrons. The summed E-state index contributed by atoms with van der Waals surface area (Å²) in [6.07, 6.45) is 12.6. The second-order valence-corrected chi connectivity index (χ2v) is 13.8. The molecule has 13 nitrogen and oxygen atoms in total. The summed E-state index contributed by atoms with van der Waals surface area (Å²) >= 11 is 0. The fraction of sp³-hybridized carbons (Fsp3) is 0.771. The highest BCUT2D eigenvalue weighted by Gasteiger charge is 2.51. The van der Waals surface area contributed by atoms with E-state index in [-0.39, 0.29) is 12.8 Å². The first-order valence-electron chi connectivity index (χ1n) is 17.8. The Hall–Kier alpha value is -1.93. The number of allylic oxidation sites excluding steroid dienone is 6. The van der Waals surface area contributed by atoms with Crippen molar-refractivity contribution in [2.45, 2.75) is 159 Å². The highest BCUT2D eigenvalue weighted by atomic mass is 31.2. The molecule has 0 spiro atoms. The molecular formula is C35H61O13P. The number of carbonyl (C=O) groups is 2. The Morgan fingerprint density at radius 2 is 1.16 bits per heavy atom. The highest BCUT2D eigenvalue weighted by Crippen LogP contribution is 2.47. The van der Waals surface area contributed by atoms with Crippen LogP contribution in [0.4, 0.5) is 0 Å². The zero-order valence-corrected chi connectivity index (χ0v) is 30.1. The van der Waals surface area contributed by atoms with Crippen molar-refractivity contribution in [3.8, 4) is 0 Å². The van der Waals surface area contributed by atoms with Gasteiger partial charge in [0.2, 0.25) is 0 Å². The first-order chi connectivity index (χ1) is 23.4. The summed E-state index contributed by atoms with van der Waals surface area (Å²) in [4.78, 5) is 35.2. The summed E-state index contributed by atoms with van der Waals surface area (Å²) in [5.41, 5.74) is 0. The summed E-state index contributed by atoms with van der Waals surface area (Å²) in [5.74, 6) is -1.15. The van der Waals surface area contributed by atoms with E-state index >= 15 is 0 Å². The molecule has 0 aromatic heterocycles. The third-order valence-electron chi connectivity index (χ3n) is 8.00. The van der Waals surface area contributed by atoms with Crippen LogP contribution >= 0.6 is 7.82 Å². The number of hydrogen-bond donors (Lipinski definition) is 6. The maximum atomic E-state index is 12.7. The molecule has 1 aliphatic carbocycles. The second kappa shape index (κ2) is 26.8. The maximum absolute atomic E-state index is 12.7. The number of unbranched alkanes of at least 4 members (excludes halogenated alkanes) is 9. The van der Waals surface area contributed by atoms with Crippen LogP contribution in [0.5, 0.6) is 0 Å². The molecule has 0 bridgehead atoms. The van der Waals surface area contributed by atoms with Crippen LogP contribution in [0.15, 0.2) is 36.5 Å². The number of esters is 2. The molecular weight excluding hydrogens is 659 g/mol. The van der Waals surface area contributed by atoms with Gasteiger partial charge in [-0.1, -0.05) is 95.2 Å². The number of hydrogen-bond acceptors (Lipinski definition) is 12. The van der Waals surface area contributed by atoms with Crippen LogP contribution < -0.4 is 0 Å². The molecule has 49 heavy (non-hydrogen) atoms. The van der Waals surface area contributed by atoms with Crippen molar-refractivity contribution in [2.75, 3.05) is 13.2 Å². The predicted molar refractivity (Wildman–Crippen MR) is 184 cm³/mol. The molecule has 6 N–H and O–H groups in total. The van der Waals surface area contributed by atoms with Crippen molar-refractivity contribution in [1.82, 2.24) is 0 Å². The summed E-state index contributed by atoms with van der Waals surface area (Å²) in [5, 5.41) is 49.7. The SMILES string of the molecule is CC/C=C\C/C=C\C/C=C\CCCCCC(=O)OC(COC(=O)CCCCCCCCC)COP(=O)(O)OC1C(O)C(O)C(O)C(O)C1O. The molecule has 0 saturated heterocycles. The van der Waals surface area contributed by atoms with E-state index in [1.165, 1.54) is 6.42 Å². The summed E-state index contributed by atoms with van der Waals surface area (Å²) in [6, 6.07) is 0. The minimum Gasteiger partial charge on any atom is -0.462 e. The van der Waals surface area contributed by atoms with Gasteiger partial charge in [-0.3, -0.25) is 18.6 Å². The number of carbonyl (C=O) groups excluding carboxylic acids is 2. The first-order valence-corrected chi connectivity index (χ1v) is 19.3. The molecule has 0 aliphatic heterocycles.